The number of imidazole rings is 1. The molecule has 3 aromatic rings. The van der Waals surface area contributed by atoms with Crippen LogP contribution in [0.15, 0.2) is 53.4 Å². The Morgan fingerprint density at radius 3 is 2.48 bits per heavy atom. The molecule has 0 fully saturated rings. The van der Waals surface area contributed by atoms with E-state index >= 15 is 0 Å². The number of H-pyrrole nitrogens is 1. The third-order valence-corrected chi connectivity index (χ3v) is 3.94. The molecule has 0 saturated carbocycles. The van der Waals surface area contributed by atoms with Gasteiger partial charge in [-0.2, -0.15) is 0 Å². The highest BCUT2D eigenvalue weighted by atomic mass is 79.9. The molecular formula is C17H15BrN4O. The number of aryl methyl sites for hydroxylation is 1. The van der Waals surface area contributed by atoms with Crippen LogP contribution in [0.3, 0.4) is 0 Å². The Morgan fingerprint density at radius 1 is 1.13 bits per heavy atom. The molecule has 0 aliphatic carbocycles. The molecule has 2 aromatic heterocycles. The average Bonchev–Trinajstić information content (AvgIpc) is 3.00. The van der Waals surface area contributed by atoms with E-state index in [1.807, 2.05) is 43.3 Å². The van der Waals surface area contributed by atoms with Crippen molar-refractivity contribution in [3.8, 4) is 11.1 Å². The van der Waals surface area contributed by atoms with Gasteiger partial charge in [-0.3, -0.25) is 9.78 Å². The van der Waals surface area contributed by atoms with Crippen molar-refractivity contribution in [3.63, 3.8) is 0 Å². The van der Waals surface area contributed by atoms with Gasteiger partial charge in [0.2, 0.25) is 0 Å². The zero-order valence-electron chi connectivity index (χ0n) is 12.7. The minimum Gasteiger partial charge on any atom is -0.329 e. The van der Waals surface area contributed by atoms with E-state index < -0.39 is 0 Å². The van der Waals surface area contributed by atoms with Crippen molar-refractivity contribution in [1.82, 2.24) is 15.0 Å². The van der Waals surface area contributed by atoms with Crippen LogP contribution in [-0.2, 0) is 0 Å². The zero-order valence-corrected chi connectivity index (χ0v) is 14.3. The Hall–Kier alpha value is -2.47. The van der Waals surface area contributed by atoms with E-state index in [1.165, 1.54) is 0 Å². The van der Waals surface area contributed by atoms with Crippen LogP contribution in [0.2, 0.25) is 0 Å². The van der Waals surface area contributed by atoms with Crippen LogP contribution in [0.25, 0.3) is 11.1 Å². The monoisotopic (exact) mass is 370 g/mol. The van der Waals surface area contributed by atoms with Gasteiger partial charge in [-0.1, -0.05) is 12.1 Å². The van der Waals surface area contributed by atoms with Crippen LogP contribution in [0.1, 0.15) is 16.3 Å². The van der Waals surface area contributed by atoms with Gasteiger partial charge in [0.1, 0.15) is 4.60 Å². The number of halogens is 1. The normalized spacial score (nSPS) is 10.6. The number of amides is 1. The van der Waals surface area contributed by atoms with E-state index in [2.05, 4.69) is 30.9 Å². The van der Waals surface area contributed by atoms with Gasteiger partial charge in [0.05, 0.1) is 6.20 Å². The fourth-order valence-corrected chi connectivity index (χ4v) is 2.58. The van der Waals surface area contributed by atoms with Crippen molar-refractivity contribution in [2.45, 2.75) is 6.92 Å². The second-order valence-electron chi connectivity index (χ2n) is 5.18. The van der Waals surface area contributed by atoms with Gasteiger partial charge < -0.3 is 9.88 Å². The summed E-state index contributed by atoms with van der Waals surface area (Å²) in [6, 6.07) is 11.8. The molecule has 0 radical (unpaired) electrons. The number of anilines is 1. The summed E-state index contributed by atoms with van der Waals surface area (Å²) in [5, 5.41) is 0. The van der Waals surface area contributed by atoms with Crippen LogP contribution in [0.4, 0.5) is 5.69 Å². The Bertz CT molecular complexity index is 842. The van der Waals surface area contributed by atoms with Gasteiger partial charge in [0.15, 0.2) is 5.82 Å². The van der Waals surface area contributed by atoms with E-state index in [0.717, 1.165) is 22.5 Å². The minimum absolute atomic E-state index is 0.191. The van der Waals surface area contributed by atoms with E-state index in [9.17, 15) is 4.79 Å². The van der Waals surface area contributed by atoms with Gasteiger partial charge in [-0.05, 0) is 58.2 Å². The van der Waals surface area contributed by atoms with E-state index in [4.69, 9.17) is 0 Å². The van der Waals surface area contributed by atoms with E-state index in [1.54, 1.807) is 24.3 Å². The molecule has 0 spiro atoms. The fourth-order valence-electron chi connectivity index (χ4n) is 2.29. The molecule has 0 bridgehead atoms. The number of benzene rings is 1. The van der Waals surface area contributed by atoms with Crippen molar-refractivity contribution in [3.05, 3.63) is 64.9 Å². The number of rotatable bonds is 3. The van der Waals surface area contributed by atoms with Crippen LogP contribution in [-0.4, -0.2) is 27.9 Å². The Labute approximate surface area is 142 Å². The summed E-state index contributed by atoms with van der Waals surface area (Å²) in [6.45, 7) is 1.96. The lowest BCUT2D eigenvalue weighted by atomic mass is 10.1. The Balaban J connectivity index is 1.83. The quantitative estimate of drug-likeness (QED) is 0.762. The number of aromatic nitrogens is 3. The first-order chi connectivity index (χ1) is 11.0. The first-order valence-corrected chi connectivity index (χ1v) is 7.85. The van der Waals surface area contributed by atoms with Crippen LogP contribution < -0.4 is 4.90 Å². The first-order valence-electron chi connectivity index (χ1n) is 7.06. The summed E-state index contributed by atoms with van der Waals surface area (Å²) < 4.78 is 0.678. The highest BCUT2D eigenvalue weighted by Gasteiger charge is 2.16. The highest BCUT2D eigenvalue weighted by molar-refractivity contribution is 9.10. The molecular weight excluding hydrogens is 356 g/mol. The number of pyridine rings is 1. The molecule has 1 aromatic carbocycles. The molecule has 0 aliphatic rings. The molecule has 0 aliphatic heterocycles. The molecule has 2 heterocycles. The Kier molecular flexibility index (Phi) is 4.25. The first kappa shape index (κ1) is 15.4. The third kappa shape index (κ3) is 3.32. The number of carbonyl (C=O) groups excluding carboxylic acids is 1. The Morgan fingerprint density at radius 2 is 1.87 bits per heavy atom. The summed E-state index contributed by atoms with van der Waals surface area (Å²) in [5.74, 6) is 0.108. The second-order valence-corrected chi connectivity index (χ2v) is 6.03. The number of hydrogen-bond donors (Lipinski definition) is 1. The summed E-state index contributed by atoms with van der Waals surface area (Å²) in [6.07, 6.45) is 3.36. The molecule has 1 N–H and O–H groups in total. The maximum atomic E-state index is 12.4. The van der Waals surface area contributed by atoms with Crippen molar-refractivity contribution in [1.29, 1.82) is 0 Å². The standard InChI is InChI=1S/C17H15BrN4O/c1-11-9-13(7-8-19-11)12-3-5-14(6-4-12)22(2)17(23)16-20-10-15(18)21-16/h3-10H,1-2H3,(H,20,21). The van der Waals surface area contributed by atoms with Crippen LogP contribution >= 0.6 is 15.9 Å². The number of nitrogens with one attached hydrogen (secondary N) is 1. The maximum Gasteiger partial charge on any atom is 0.293 e. The van der Waals surface area contributed by atoms with E-state index in [0.29, 0.717) is 10.4 Å². The largest absolute Gasteiger partial charge is 0.329 e. The predicted octanol–water partition coefficient (Wildman–Crippen LogP) is 3.82. The summed E-state index contributed by atoms with van der Waals surface area (Å²) in [7, 11) is 1.73. The zero-order chi connectivity index (χ0) is 16.4. The van der Waals surface area contributed by atoms with Crippen molar-refractivity contribution < 1.29 is 4.79 Å². The SMILES string of the molecule is Cc1cc(-c2ccc(N(C)C(=O)c3ncc(Br)[nH]3)cc2)ccn1. The highest BCUT2D eigenvalue weighted by Crippen LogP contribution is 2.23. The maximum absolute atomic E-state index is 12.4. The number of hydrogen-bond acceptors (Lipinski definition) is 3. The molecule has 3 rings (SSSR count). The topological polar surface area (TPSA) is 61.9 Å². The molecule has 0 saturated heterocycles. The fraction of sp³-hybridized carbons (Fsp3) is 0.118. The van der Waals surface area contributed by atoms with Crippen LogP contribution in [0, 0.1) is 6.92 Å². The van der Waals surface area contributed by atoms with Crippen molar-refractivity contribution in [2.75, 3.05) is 11.9 Å². The number of carbonyl (C=O) groups is 1. The van der Waals surface area contributed by atoms with Gasteiger partial charge >= 0.3 is 0 Å². The van der Waals surface area contributed by atoms with Crippen molar-refractivity contribution in [2.24, 2.45) is 0 Å². The lowest BCUT2D eigenvalue weighted by molar-refractivity contribution is 0.0984. The van der Waals surface area contributed by atoms with Gasteiger partial charge in [-0.25, -0.2) is 4.98 Å². The van der Waals surface area contributed by atoms with Crippen LogP contribution in [0.5, 0.6) is 0 Å². The van der Waals surface area contributed by atoms with E-state index in [-0.39, 0.29) is 5.91 Å². The molecule has 6 heteroatoms. The summed E-state index contributed by atoms with van der Waals surface area (Å²) in [4.78, 5) is 25.0. The predicted molar refractivity (Wildman–Crippen MR) is 93.4 cm³/mol. The molecule has 5 nitrogen and oxygen atoms in total. The lowest BCUT2D eigenvalue weighted by Gasteiger charge is -2.16. The molecule has 0 unspecified atom stereocenters. The molecule has 1 amide bonds. The molecule has 116 valence electrons. The average molecular weight is 371 g/mol. The lowest BCUT2D eigenvalue weighted by Crippen LogP contribution is -2.27. The molecule has 0 atom stereocenters. The van der Waals surface area contributed by atoms with Gasteiger partial charge in [0, 0.05) is 24.6 Å². The van der Waals surface area contributed by atoms with Gasteiger partial charge in [0.25, 0.3) is 5.91 Å². The summed E-state index contributed by atoms with van der Waals surface area (Å²) >= 11 is 3.25. The summed E-state index contributed by atoms with van der Waals surface area (Å²) in [5.41, 5.74) is 3.97. The van der Waals surface area contributed by atoms with Crippen molar-refractivity contribution >= 4 is 27.5 Å². The smallest absolute Gasteiger partial charge is 0.293 e. The minimum atomic E-state index is -0.191. The number of aromatic amines is 1. The number of nitrogens with zero attached hydrogens (tertiary/aromatic N) is 3. The third-order valence-electron chi connectivity index (χ3n) is 3.54. The molecule has 23 heavy (non-hydrogen) atoms. The second kappa shape index (κ2) is 6.34. The van der Waals surface area contributed by atoms with Gasteiger partial charge in [-0.15, -0.1) is 0 Å².